The van der Waals surface area contributed by atoms with E-state index >= 15 is 0 Å². The molecule has 5 nitrogen and oxygen atoms in total. The summed E-state index contributed by atoms with van der Waals surface area (Å²) in [5.74, 6) is 3.22. The minimum absolute atomic E-state index is 0.774. The molecular weight excluding hydrogens is 332 g/mol. The fourth-order valence-electron chi connectivity index (χ4n) is 1.96. The van der Waals surface area contributed by atoms with Crippen LogP contribution in [-0.4, -0.2) is 24.1 Å². The van der Waals surface area contributed by atoms with Gasteiger partial charge in [-0.15, -0.1) is 0 Å². The van der Waals surface area contributed by atoms with Crippen molar-refractivity contribution in [2.45, 2.75) is 20.3 Å². The molecule has 0 amide bonds. The molecule has 0 aliphatic heterocycles. The van der Waals surface area contributed by atoms with Gasteiger partial charge in [-0.3, -0.25) is 0 Å². The van der Waals surface area contributed by atoms with E-state index in [1.54, 1.807) is 7.11 Å². The standard InChI is InChI=1S/C15H19BrN4O/c1-5-13-19-14(17-3)9(2)15(20-13)18-10-6-7-11(16)12(8-10)21-4/h6-8H,5H2,1-4H3,(H2,17,18,19,20). The SMILES string of the molecule is CCc1nc(NC)c(C)c(Nc2ccc(Br)c(OC)c2)n1. The maximum absolute atomic E-state index is 5.31. The van der Waals surface area contributed by atoms with Crippen LogP contribution < -0.4 is 15.4 Å². The maximum Gasteiger partial charge on any atom is 0.139 e. The summed E-state index contributed by atoms with van der Waals surface area (Å²) < 4.78 is 6.23. The van der Waals surface area contributed by atoms with Crippen LogP contribution in [0.15, 0.2) is 22.7 Å². The van der Waals surface area contributed by atoms with Gasteiger partial charge in [0.25, 0.3) is 0 Å². The van der Waals surface area contributed by atoms with Crippen molar-refractivity contribution in [1.29, 1.82) is 0 Å². The minimum Gasteiger partial charge on any atom is -0.495 e. The van der Waals surface area contributed by atoms with Gasteiger partial charge in [-0.1, -0.05) is 6.92 Å². The summed E-state index contributed by atoms with van der Waals surface area (Å²) in [5.41, 5.74) is 1.90. The van der Waals surface area contributed by atoms with Gasteiger partial charge in [0.05, 0.1) is 11.6 Å². The first-order valence-electron chi connectivity index (χ1n) is 6.74. The third-order valence-corrected chi connectivity index (χ3v) is 3.81. The van der Waals surface area contributed by atoms with Crippen molar-refractivity contribution in [1.82, 2.24) is 9.97 Å². The molecule has 0 atom stereocenters. The van der Waals surface area contributed by atoms with Crippen LogP contribution in [0.2, 0.25) is 0 Å². The Hall–Kier alpha value is -1.82. The highest BCUT2D eigenvalue weighted by Crippen LogP contribution is 2.30. The fraction of sp³-hybridized carbons (Fsp3) is 0.333. The first kappa shape index (κ1) is 15.6. The summed E-state index contributed by atoms with van der Waals surface area (Å²) in [6.07, 6.45) is 0.785. The van der Waals surface area contributed by atoms with Gasteiger partial charge >= 0.3 is 0 Å². The summed E-state index contributed by atoms with van der Waals surface area (Å²) in [6, 6.07) is 5.84. The molecule has 0 saturated carbocycles. The van der Waals surface area contributed by atoms with E-state index in [-0.39, 0.29) is 0 Å². The second-order valence-electron chi connectivity index (χ2n) is 4.54. The number of halogens is 1. The molecule has 1 aromatic heterocycles. The van der Waals surface area contributed by atoms with Gasteiger partial charge in [0.1, 0.15) is 23.2 Å². The quantitative estimate of drug-likeness (QED) is 0.856. The predicted octanol–water partition coefficient (Wildman–Crippen LogP) is 3.90. The summed E-state index contributed by atoms with van der Waals surface area (Å²) >= 11 is 3.45. The maximum atomic E-state index is 5.31. The highest BCUT2D eigenvalue weighted by Gasteiger charge is 2.10. The number of methoxy groups -OCH3 is 1. The molecule has 2 rings (SSSR count). The highest BCUT2D eigenvalue weighted by molar-refractivity contribution is 9.10. The van der Waals surface area contributed by atoms with E-state index < -0.39 is 0 Å². The molecule has 0 spiro atoms. The number of rotatable bonds is 5. The number of aryl methyl sites for hydroxylation is 1. The second-order valence-corrected chi connectivity index (χ2v) is 5.39. The van der Waals surface area contributed by atoms with Crippen LogP contribution in [-0.2, 0) is 6.42 Å². The van der Waals surface area contributed by atoms with Crippen LogP contribution in [0.3, 0.4) is 0 Å². The van der Waals surface area contributed by atoms with Gasteiger partial charge in [-0.25, -0.2) is 9.97 Å². The fourth-order valence-corrected chi connectivity index (χ4v) is 2.37. The average molecular weight is 351 g/mol. The van der Waals surface area contributed by atoms with Crippen LogP contribution in [0.1, 0.15) is 18.3 Å². The smallest absolute Gasteiger partial charge is 0.139 e. The molecule has 0 unspecified atom stereocenters. The molecule has 2 N–H and O–H groups in total. The lowest BCUT2D eigenvalue weighted by Gasteiger charge is -2.14. The molecule has 0 saturated heterocycles. The van der Waals surface area contributed by atoms with Gasteiger partial charge < -0.3 is 15.4 Å². The number of nitrogens with one attached hydrogen (secondary N) is 2. The van der Waals surface area contributed by atoms with Gasteiger partial charge in [-0.05, 0) is 35.0 Å². The molecule has 0 radical (unpaired) electrons. The van der Waals surface area contributed by atoms with Gasteiger partial charge in [0.2, 0.25) is 0 Å². The van der Waals surface area contributed by atoms with Crippen molar-refractivity contribution in [2.24, 2.45) is 0 Å². The van der Waals surface area contributed by atoms with Gasteiger partial charge in [0.15, 0.2) is 0 Å². The van der Waals surface area contributed by atoms with Crippen LogP contribution in [0, 0.1) is 6.92 Å². The number of hydrogen-bond acceptors (Lipinski definition) is 5. The summed E-state index contributed by atoms with van der Waals surface area (Å²) in [5, 5.41) is 6.44. The topological polar surface area (TPSA) is 59.1 Å². The van der Waals surface area contributed by atoms with Crippen LogP contribution >= 0.6 is 15.9 Å². The van der Waals surface area contributed by atoms with Crippen molar-refractivity contribution in [3.63, 3.8) is 0 Å². The van der Waals surface area contributed by atoms with Gasteiger partial charge in [-0.2, -0.15) is 0 Å². The van der Waals surface area contributed by atoms with Crippen molar-refractivity contribution < 1.29 is 4.74 Å². The lowest BCUT2D eigenvalue weighted by atomic mass is 10.2. The summed E-state index contributed by atoms with van der Waals surface area (Å²) in [6.45, 7) is 4.03. The Morgan fingerprint density at radius 1 is 1.24 bits per heavy atom. The predicted molar refractivity (Wildman–Crippen MR) is 89.7 cm³/mol. The molecule has 0 aliphatic rings. The Balaban J connectivity index is 2.38. The average Bonchev–Trinajstić information content (AvgIpc) is 2.51. The summed E-state index contributed by atoms with van der Waals surface area (Å²) in [4.78, 5) is 9.02. The van der Waals surface area contributed by atoms with Crippen molar-refractivity contribution in [3.8, 4) is 5.75 Å². The van der Waals surface area contributed by atoms with E-state index in [2.05, 4.69) is 36.5 Å². The third-order valence-electron chi connectivity index (χ3n) is 3.16. The largest absolute Gasteiger partial charge is 0.495 e. The monoisotopic (exact) mass is 350 g/mol. The highest BCUT2D eigenvalue weighted by atomic mass is 79.9. The molecule has 21 heavy (non-hydrogen) atoms. The molecule has 112 valence electrons. The Bertz CT molecular complexity index is 646. The third kappa shape index (κ3) is 3.44. The van der Waals surface area contributed by atoms with E-state index in [4.69, 9.17) is 4.74 Å². The zero-order valence-corrected chi connectivity index (χ0v) is 14.2. The Kier molecular flexibility index (Phi) is 5.01. The molecule has 1 heterocycles. The van der Waals surface area contributed by atoms with E-state index in [9.17, 15) is 0 Å². The molecule has 0 fully saturated rings. The van der Waals surface area contributed by atoms with E-state index in [1.807, 2.05) is 39.1 Å². The zero-order valence-electron chi connectivity index (χ0n) is 12.6. The van der Waals surface area contributed by atoms with Crippen molar-refractivity contribution >= 4 is 33.3 Å². The number of ether oxygens (including phenoxy) is 1. The molecular formula is C15H19BrN4O. The molecule has 0 bridgehead atoms. The van der Waals surface area contributed by atoms with Crippen molar-refractivity contribution in [3.05, 3.63) is 34.1 Å². The first-order chi connectivity index (χ1) is 10.1. The lowest BCUT2D eigenvalue weighted by molar-refractivity contribution is 0.412. The molecule has 1 aromatic carbocycles. The Morgan fingerprint density at radius 3 is 2.57 bits per heavy atom. The molecule has 6 heteroatoms. The van der Waals surface area contributed by atoms with E-state index in [1.165, 1.54) is 0 Å². The minimum atomic E-state index is 0.774. The zero-order chi connectivity index (χ0) is 15.4. The lowest BCUT2D eigenvalue weighted by Crippen LogP contribution is -2.06. The normalized spacial score (nSPS) is 10.3. The van der Waals surface area contributed by atoms with Crippen LogP contribution in [0.5, 0.6) is 5.75 Å². The number of nitrogens with zero attached hydrogens (tertiary/aromatic N) is 2. The van der Waals surface area contributed by atoms with Crippen molar-refractivity contribution in [2.75, 3.05) is 24.8 Å². The van der Waals surface area contributed by atoms with E-state index in [0.29, 0.717) is 0 Å². The number of aromatic nitrogens is 2. The molecule has 0 aliphatic carbocycles. The summed E-state index contributed by atoms with van der Waals surface area (Å²) in [7, 11) is 3.51. The van der Waals surface area contributed by atoms with Crippen LogP contribution in [0.25, 0.3) is 0 Å². The second kappa shape index (κ2) is 6.76. The first-order valence-corrected chi connectivity index (χ1v) is 7.54. The van der Waals surface area contributed by atoms with E-state index in [0.717, 1.165) is 45.4 Å². The number of hydrogen-bond donors (Lipinski definition) is 2. The Morgan fingerprint density at radius 2 is 1.95 bits per heavy atom. The Labute approximate surface area is 133 Å². The number of anilines is 3. The number of benzene rings is 1. The van der Waals surface area contributed by atoms with Crippen LogP contribution in [0.4, 0.5) is 17.3 Å². The molecule has 2 aromatic rings. The van der Waals surface area contributed by atoms with Gasteiger partial charge in [0, 0.05) is 30.8 Å².